The molecule has 1 atom stereocenters. The van der Waals surface area contributed by atoms with Gasteiger partial charge in [0.05, 0.1) is 29.5 Å². The van der Waals surface area contributed by atoms with E-state index in [4.69, 9.17) is 4.74 Å². The van der Waals surface area contributed by atoms with E-state index >= 15 is 0 Å². The molecule has 0 fully saturated rings. The Balaban J connectivity index is 3.10. The first kappa shape index (κ1) is 16.7. The molecule has 0 aliphatic heterocycles. The average molecular weight is 302 g/mol. The second-order valence-corrected chi connectivity index (χ2v) is 7.46. The molecule has 0 saturated carbocycles. The molecule has 0 saturated heterocycles. The number of esters is 1. The molecule has 0 N–H and O–H groups in total. The predicted molar refractivity (Wildman–Crippen MR) is 76.1 cm³/mol. The molecule has 6 nitrogen and oxygen atoms in total. The quantitative estimate of drug-likeness (QED) is 0.745. The van der Waals surface area contributed by atoms with Gasteiger partial charge in [-0.15, -0.1) is 0 Å². The number of sulfone groups is 1. The molecule has 1 unspecified atom stereocenters. The van der Waals surface area contributed by atoms with Crippen LogP contribution in [0.4, 0.5) is 0 Å². The van der Waals surface area contributed by atoms with E-state index in [0.717, 1.165) is 0 Å². The molecule has 0 aliphatic rings. The third-order valence-corrected chi connectivity index (χ3v) is 5.75. The summed E-state index contributed by atoms with van der Waals surface area (Å²) in [6, 6.07) is 0. The number of nitrogens with zero attached hydrogens (tertiary/aromatic N) is 2. The van der Waals surface area contributed by atoms with E-state index in [9.17, 15) is 13.2 Å². The lowest BCUT2D eigenvalue weighted by atomic mass is 10.2. The predicted octanol–water partition coefficient (Wildman–Crippen LogP) is 1.56. The summed E-state index contributed by atoms with van der Waals surface area (Å²) in [5.74, 6) is -0.737. The van der Waals surface area contributed by atoms with Gasteiger partial charge in [0.1, 0.15) is 5.56 Å². The number of carbonyl (C=O) groups is 1. The Morgan fingerprint density at radius 1 is 1.40 bits per heavy atom. The van der Waals surface area contributed by atoms with Crippen LogP contribution in [0.2, 0.25) is 0 Å². The van der Waals surface area contributed by atoms with E-state index in [1.165, 1.54) is 10.9 Å². The Bertz CT molecular complexity index is 575. The fourth-order valence-electron chi connectivity index (χ4n) is 1.75. The largest absolute Gasteiger partial charge is 0.462 e. The lowest BCUT2D eigenvalue weighted by Crippen LogP contribution is -2.26. The molecular formula is C13H22N2O4S. The highest BCUT2D eigenvalue weighted by atomic mass is 32.2. The van der Waals surface area contributed by atoms with Crippen molar-refractivity contribution in [1.29, 1.82) is 0 Å². The van der Waals surface area contributed by atoms with E-state index < -0.39 is 21.1 Å². The fourth-order valence-corrected chi connectivity index (χ4v) is 3.57. The molecule has 0 aliphatic carbocycles. The first-order chi connectivity index (χ1) is 9.20. The Morgan fingerprint density at radius 3 is 2.50 bits per heavy atom. The zero-order valence-electron chi connectivity index (χ0n) is 12.6. The maximum Gasteiger partial charge on any atom is 0.341 e. The lowest BCUT2D eigenvalue weighted by Gasteiger charge is -2.16. The molecule has 1 aromatic rings. The molecule has 0 bridgehead atoms. The zero-order valence-corrected chi connectivity index (χ0v) is 13.4. The van der Waals surface area contributed by atoms with Gasteiger partial charge in [-0.3, -0.25) is 4.68 Å². The van der Waals surface area contributed by atoms with Crippen LogP contribution in [0.1, 0.15) is 43.7 Å². The molecule has 1 aromatic heterocycles. The van der Waals surface area contributed by atoms with Gasteiger partial charge in [-0.1, -0.05) is 13.8 Å². The summed E-state index contributed by atoms with van der Waals surface area (Å²) in [5.41, 5.74) is 0.588. The van der Waals surface area contributed by atoms with Crippen LogP contribution in [0.15, 0.2) is 6.20 Å². The van der Waals surface area contributed by atoms with Gasteiger partial charge in [0.15, 0.2) is 9.84 Å². The van der Waals surface area contributed by atoms with Crippen LogP contribution in [-0.2, 0) is 27.4 Å². The number of carbonyl (C=O) groups excluding carboxylic acids is 1. The summed E-state index contributed by atoms with van der Waals surface area (Å²) in [6.07, 6.45) is 1.35. The molecule has 7 heteroatoms. The summed E-state index contributed by atoms with van der Waals surface area (Å²) >= 11 is 0. The van der Waals surface area contributed by atoms with Gasteiger partial charge >= 0.3 is 5.97 Å². The Morgan fingerprint density at radius 2 is 2.00 bits per heavy atom. The summed E-state index contributed by atoms with van der Waals surface area (Å²) < 4.78 is 31.0. The second kappa shape index (κ2) is 6.39. The number of rotatable bonds is 6. The number of aryl methyl sites for hydroxylation is 1. The standard InChI is InChI=1S/C13H22N2O4S/c1-6-19-13(16)11-7-14-15(5)12(11)8-20(17,18)10(4)9(2)3/h7,9-10H,6,8H2,1-5H3. The van der Waals surface area contributed by atoms with Crippen molar-refractivity contribution in [3.63, 3.8) is 0 Å². The maximum atomic E-state index is 12.3. The van der Waals surface area contributed by atoms with E-state index in [0.29, 0.717) is 5.69 Å². The third kappa shape index (κ3) is 3.59. The maximum absolute atomic E-state index is 12.3. The van der Waals surface area contributed by atoms with Crippen molar-refractivity contribution in [3.8, 4) is 0 Å². The van der Waals surface area contributed by atoms with Gasteiger partial charge in [-0.2, -0.15) is 5.10 Å². The van der Waals surface area contributed by atoms with Crippen molar-refractivity contribution in [2.75, 3.05) is 6.61 Å². The molecule has 114 valence electrons. The number of aromatic nitrogens is 2. The van der Waals surface area contributed by atoms with Crippen LogP contribution < -0.4 is 0 Å². The Labute approximate surface area is 120 Å². The third-order valence-electron chi connectivity index (χ3n) is 3.40. The van der Waals surface area contributed by atoms with E-state index in [-0.39, 0.29) is 23.8 Å². The molecule has 20 heavy (non-hydrogen) atoms. The van der Waals surface area contributed by atoms with Crippen molar-refractivity contribution in [3.05, 3.63) is 17.5 Å². The van der Waals surface area contributed by atoms with Crippen molar-refractivity contribution in [2.45, 2.75) is 38.7 Å². The molecule has 0 radical (unpaired) electrons. The zero-order chi connectivity index (χ0) is 15.5. The fraction of sp³-hybridized carbons (Fsp3) is 0.692. The first-order valence-electron chi connectivity index (χ1n) is 6.60. The van der Waals surface area contributed by atoms with Gasteiger partial charge in [0.2, 0.25) is 0 Å². The van der Waals surface area contributed by atoms with Crippen LogP contribution in [0, 0.1) is 5.92 Å². The number of ether oxygens (including phenoxy) is 1. The topological polar surface area (TPSA) is 78.3 Å². The highest BCUT2D eigenvalue weighted by Gasteiger charge is 2.28. The van der Waals surface area contributed by atoms with E-state index in [2.05, 4.69) is 5.10 Å². The van der Waals surface area contributed by atoms with Crippen LogP contribution in [0.3, 0.4) is 0 Å². The Hall–Kier alpha value is -1.37. The van der Waals surface area contributed by atoms with Gasteiger partial charge in [0.25, 0.3) is 0 Å². The van der Waals surface area contributed by atoms with Crippen molar-refractivity contribution in [2.24, 2.45) is 13.0 Å². The van der Waals surface area contributed by atoms with Crippen LogP contribution in [0.5, 0.6) is 0 Å². The van der Waals surface area contributed by atoms with Crippen molar-refractivity contribution >= 4 is 15.8 Å². The van der Waals surface area contributed by atoms with Gasteiger partial charge in [-0.05, 0) is 19.8 Å². The number of hydrogen-bond acceptors (Lipinski definition) is 5. The second-order valence-electron chi connectivity index (χ2n) is 5.11. The number of hydrogen-bond donors (Lipinski definition) is 0. The summed E-state index contributed by atoms with van der Waals surface area (Å²) in [5, 5.41) is 3.48. The van der Waals surface area contributed by atoms with Crippen LogP contribution in [0.25, 0.3) is 0 Å². The lowest BCUT2D eigenvalue weighted by molar-refractivity contribution is 0.0525. The molecule has 0 aromatic carbocycles. The van der Waals surface area contributed by atoms with E-state index in [1.54, 1.807) is 20.9 Å². The minimum Gasteiger partial charge on any atom is -0.462 e. The first-order valence-corrected chi connectivity index (χ1v) is 8.31. The van der Waals surface area contributed by atoms with Gasteiger partial charge in [-0.25, -0.2) is 13.2 Å². The smallest absolute Gasteiger partial charge is 0.341 e. The minimum atomic E-state index is -3.34. The normalized spacial score (nSPS) is 13.5. The highest BCUT2D eigenvalue weighted by Crippen LogP contribution is 2.19. The molecule has 1 heterocycles. The summed E-state index contributed by atoms with van der Waals surface area (Å²) in [6.45, 7) is 7.34. The molecule has 0 spiro atoms. The monoisotopic (exact) mass is 302 g/mol. The van der Waals surface area contributed by atoms with Crippen LogP contribution >= 0.6 is 0 Å². The minimum absolute atomic E-state index is 0.0132. The molecule has 0 amide bonds. The van der Waals surface area contributed by atoms with E-state index in [1.807, 2.05) is 13.8 Å². The average Bonchev–Trinajstić information content (AvgIpc) is 2.70. The molecule has 1 rings (SSSR count). The summed E-state index contributed by atoms with van der Waals surface area (Å²) in [4.78, 5) is 11.8. The van der Waals surface area contributed by atoms with Gasteiger partial charge < -0.3 is 4.74 Å². The van der Waals surface area contributed by atoms with Crippen molar-refractivity contribution < 1.29 is 17.9 Å². The highest BCUT2D eigenvalue weighted by molar-refractivity contribution is 7.91. The summed E-state index contributed by atoms with van der Waals surface area (Å²) in [7, 11) is -1.73. The Kier molecular flexibility index (Phi) is 5.33. The molecular weight excluding hydrogens is 280 g/mol. The SMILES string of the molecule is CCOC(=O)c1cnn(C)c1CS(=O)(=O)C(C)C(C)C. The van der Waals surface area contributed by atoms with Crippen molar-refractivity contribution in [1.82, 2.24) is 9.78 Å². The van der Waals surface area contributed by atoms with Gasteiger partial charge in [0, 0.05) is 7.05 Å². The van der Waals surface area contributed by atoms with Crippen LogP contribution in [-0.4, -0.2) is 36.0 Å².